The average molecular weight is 309 g/mol. The molecule has 23 heavy (non-hydrogen) atoms. The van der Waals surface area contributed by atoms with Gasteiger partial charge in [-0.05, 0) is 37.5 Å². The minimum absolute atomic E-state index is 0.170. The number of amides is 1. The summed E-state index contributed by atoms with van der Waals surface area (Å²) in [7, 11) is 1.98. The highest BCUT2D eigenvalue weighted by Crippen LogP contribution is 2.38. The van der Waals surface area contributed by atoms with Crippen molar-refractivity contribution < 1.29 is 4.79 Å². The zero-order valence-corrected chi connectivity index (χ0v) is 13.3. The number of hydrogen-bond acceptors (Lipinski definition) is 3. The Hall–Kier alpha value is -2.63. The summed E-state index contributed by atoms with van der Waals surface area (Å²) in [4.78, 5) is 16.8. The lowest BCUT2D eigenvalue weighted by atomic mass is 10.2. The summed E-state index contributed by atoms with van der Waals surface area (Å²) >= 11 is 0. The van der Waals surface area contributed by atoms with Gasteiger partial charge in [0, 0.05) is 18.7 Å². The van der Waals surface area contributed by atoms with E-state index in [-0.39, 0.29) is 5.91 Å². The molecule has 1 aromatic carbocycles. The molecular formula is C17H19N5O. The largest absolute Gasteiger partial charge is 0.343 e. The molecule has 0 aliphatic heterocycles. The Morgan fingerprint density at radius 3 is 3.00 bits per heavy atom. The van der Waals surface area contributed by atoms with Crippen LogP contribution < -0.4 is 5.32 Å². The zero-order valence-electron chi connectivity index (χ0n) is 13.3. The fourth-order valence-electron chi connectivity index (χ4n) is 2.98. The lowest BCUT2D eigenvalue weighted by molar-refractivity contribution is 0.0944. The van der Waals surface area contributed by atoms with Crippen LogP contribution >= 0.6 is 0 Å². The molecule has 0 saturated heterocycles. The predicted octanol–water partition coefficient (Wildman–Crippen LogP) is 2.41. The second-order valence-electron chi connectivity index (χ2n) is 6.20. The normalized spacial score (nSPS) is 14.3. The molecule has 1 fully saturated rings. The molecule has 6 nitrogen and oxygen atoms in total. The van der Waals surface area contributed by atoms with Crippen molar-refractivity contribution in [2.45, 2.75) is 32.2 Å². The Balaban J connectivity index is 1.50. The maximum Gasteiger partial charge on any atom is 0.272 e. The summed E-state index contributed by atoms with van der Waals surface area (Å²) in [6.07, 6.45) is 2.37. The zero-order chi connectivity index (χ0) is 16.0. The third-order valence-electron chi connectivity index (χ3n) is 4.44. The molecular weight excluding hydrogens is 290 g/mol. The lowest BCUT2D eigenvalue weighted by Crippen LogP contribution is -2.24. The molecule has 0 radical (unpaired) electrons. The van der Waals surface area contributed by atoms with Gasteiger partial charge in [0.05, 0.1) is 17.6 Å². The molecule has 3 aromatic rings. The van der Waals surface area contributed by atoms with Crippen molar-refractivity contribution in [3.8, 4) is 0 Å². The number of aromatic nitrogens is 4. The van der Waals surface area contributed by atoms with Crippen molar-refractivity contribution >= 4 is 16.9 Å². The number of para-hydroxylation sites is 1. The van der Waals surface area contributed by atoms with Gasteiger partial charge < -0.3 is 9.88 Å². The Kier molecular flexibility index (Phi) is 3.18. The minimum Gasteiger partial charge on any atom is -0.343 e. The van der Waals surface area contributed by atoms with Crippen LogP contribution in [0.15, 0.2) is 24.3 Å². The smallest absolute Gasteiger partial charge is 0.272 e. The highest BCUT2D eigenvalue weighted by molar-refractivity contribution is 5.92. The molecule has 1 saturated carbocycles. The summed E-state index contributed by atoms with van der Waals surface area (Å²) in [5.41, 5.74) is 4.74. The van der Waals surface area contributed by atoms with Gasteiger partial charge in [0.25, 0.3) is 5.91 Å². The highest BCUT2D eigenvalue weighted by Gasteiger charge is 2.26. The lowest BCUT2D eigenvalue weighted by Gasteiger charge is -2.05. The van der Waals surface area contributed by atoms with Crippen LogP contribution in [0.1, 0.15) is 46.3 Å². The monoisotopic (exact) mass is 309 g/mol. The Morgan fingerprint density at radius 2 is 2.26 bits per heavy atom. The van der Waals surface area contributed by atoms with E-state index in [9.17, 15) is 4.79 Å². The van der Waals surface area contributed by atoms with E-state index < -0.39 is 0 Å². The van der Waals surface area contributed by atoms with Crippen LogP contribution in [0.3, 0.4) is 0 Å². The van der Waals surface area contributed by atoms with E-state index in [1.54, 1.807) is 0 Å². The van der Waals surface area contributed by atoms with Crippen LogP contribution in [0.2, 0.25) is 0 Å². The van der Waals surface area contributed by atoms with Crippen molar-refractivity contribution in [1.82, 2.24) is 25.1 Å². The van der Waals surface area contributed by atoms with Crippen LogP contribution in [0.5, 0.6) is 0 Å². The van der Waals surface area contributed by atoms with Crippen molar-refractivity contribution in [2.24, 2.45) is 7.05 Å². The molecule has 0 unspecified atom stereocenters. The van der Waals surface area contributed by atoms with Gasteiger partial charge in [0.15, 0.2) is 0 Å². The number of fused-ring (bicyclic) bond motifs is 1. The van der Waals surface area contributed by atoms with Crippen LogP contribution in [0.4, 0.5) is 0 Å². The van der Waals surface area contributed by atoms with Gasteiger partial charge in [-0.15, -0.1) is 0 Å². The number of carbonyl (C=O) groups is 1. The van der Waals surface area contributed by atoms with Gasteiger partial charge in [-0.3, -0.25) is 9.89 Å². The van der Waals surface area contributed by atoms with Crippen molar-refractivity contribution in [2.75, 3.05) is 0 Å². The molecule has 2 aromatic heterocycles. The molecule has 6 heteroatoms. The number of aryl methyl sites for hydroxylation is 2. The van der Waals surface area contributed by atoms with E-state index in [4.69, 9.17) is 0 Å². The van der Waals surface area contributed by atoms with E-state index in [0.29, 0.717) is 18.2 Å². The summed E-state index contributed by atoms with van der Waals surface area (Å²) in [6.45, 7) is 2.45. The van der Waals surface area contributed by atoms with Gasteiger partial charge in [-0.1, -0.05) is 12.1 Å². The summed E-state index contributed by atoms with van der Waals surface area (Å²) in [5.74, 6) is 1.23. The standard InChI is InChI=1S/C17H19N5O/c1-10-4-3-5-12-16(10)22(2)15(19-12)9-18-17(23)14-8-13(20-21-14)11-6-7-11/h3-5,8,11H,6-7,9H2,1-2H3,(H,18,23)(H,20,21). The number of carbonyl (C=O) groups excluding carboxylic acids is 1. The first-order valence-corrected chi connectivity index (χ1v) is 7.88. The number of H-pyrrole nitrogens is 1. The number of aromatic amines is 1. The van der Waals surface area contributed by atoms with Gasteiger partial charge in [-0.25, -0.2) is 4.98 Å². The molecule has 2 N–H and O–H groups in total. The maximum atomic E-state index is 12.2. The van der Waals surface area contributed by atoms with Crippen LogP contribution in [-0.2, 0) is 13.6 Å². The molecule has 2 heterocycles. The fourth-order valence-corrected chi connectivity index (χ4v) is 2.98. The number of nitrogens with zero attached hydrogens (tertiary/aromatic N) is 3. The molecule has 1 aliphatic carbocycles. The van der Waals surface area contributed by atoms with E-state index in [0.717, 1.165) is 22.6 Å². The van der Waals surface area contributed by atoms with Gasteiger partial charge >= 0.3 is 0 Å². The van der Waals surface area contributed by atoms with Crippen molar-refractivity contribution in [3.05, 3.63) is 47.0 Å². The average Bonchev–Trinajstić information content (AvgIpc) is 3.17. The van der Waals surface area contributed by atoms with Gasteiger partial charge in [0.1, 0.15) is 11.5 Å². The van der Waals surface area contributed by atoms with Crippen LogP contribution in [0, 0.1) is 6.92 Å². The first-order valence-electron chi connectivity index (χ1n) is 7.88. The van der Waals surface area contributed by atoms with Gasteiger partial charge in [0.2, 0.25) is 0 Å². The van der Waals surface area contributed by atoms with Crippen LogP contribution in [0.25, 0.3) is 11.0 Å². The number of nitrogens with one attached hydrogen (secondary N) is 2. The number of benzene rings is 1. The van der Waals surface area contributed by atoms with E-state index in [2.05, 4.69) is 33.5 Å². The topological polar surface area (TPSA) is 75.6 Å². The molecule has 0 atom stereocenters. The third kappa shape index (κ3) is 2.50. The van der Waals surface area contributed by atoms with Crippen molar-refractivity contribution in [1.29, 1.82) is 0 Å². The Morgan fingerprint density at radius 1 is 1.43 bits per heavy atom. The molecule has 0 bridgehead atoms. The number of rotatable bonds is 4. The number of hydrogen-bond donors (Lipinski definition) is 2. The third-order valence-corrected chi connectivity index (χ3v) is 4.44. The van der Waals surface area contributed by atoms with E-state index in [1.165, 1.54) is 18.4 Å². The predicted molar refractivity (Wildman–Crippen MR) is 87.2 cm³/mol. The molecule has 0 spiro atoms. The second-order valence-corrected chi connectivity index (χ2v) is 6.20. The van der Waals surface area contributed by atoms with Crippen molar-refractivity contribution in [3.63, 3.8) is 0 Å². The highest BCUT2D eigenvalue weighted by atomic mass is 16.1. The molecule has 1 aliphatic rings. The molecule has 1 amide bonds. The number of imidazole rings is 1. The summed E-state index contributed by atoms with van der Waals surface area (Å²) in [5, 5.41) is 9.96. The van der Waals surface area contributed by atoms with E-state index >= 15 is 0 Å². The first kappa shape index (κ1) is 14.0. The van der Waals surface area contributed by atoms with Gasteiger partial charge in [-0.2, -0.15) is 5.10 Å². The maximum absolute atomic E-state index is 12.2. The van der Waals surface area contributed by atoms with E-state index in [1.807, 2.05) is 29.8 Å². The Bertz CT molecular complexity index is 888. The SMILES string of the molecule is Cc1cccc2nc(CNC(=O)c3cc(C4CC4)[nH]n3)n(C)c12. The summed E-state index contributed by atoms with van der Waals surface area (Å²) < 4.78 is 2.03. The Labute approximate surface area is 133 Å². The van der Waals surface area contributed by atoms with Crippen LogP contribution in [-0.4, -0.2) is 25.7 Å². The fraction of sp³-hybridized carbons (Fsp3) is 0.353. The quantitative estimate of drug-likeness (QED) is 0.777. The first-order chi connectivity index (χ1) is 11.1. The summed E-state index contributed by atoms with van der Waals surface area (Å²) in [6, 6.07) is 7.90. The second kappa shape index (κ2) is 5.22. The minimum atomic E-state index is -0.170. The molecule has 118 valence electrons. The molecule has 4 rings (SSSR count).